The number of hydrogen-bond acceptors (Lipinski definition) is 3. The summed E-state index contributed by atoms with van der Waals surface area (Å²) in [5, 5.41) is 3.18. The quantitative estimate of drug-likeness (QED) is 0.808. The molecule has 1 aliphatic rings. The van der Waals surface area contributed by atoms with Crippen molar-refractivity contribution in [2.75, 3.05) is 5.73 Å². The Labute approximate surface area is 141 Å². The van der Waals surface area contributed by atoms with Gasteiger partial charge in [-0.05, 0) is 68.0 Å². The second-order valence-corrected chi connectivity index (χ2v) is 6.98. The third-order valence-electron chi connectivity index (χ3n) is 4.18. The van der Waals surface area contributed by atoms with Crippen LogP contribution in [0, 0.1) is 13.8 Å². The van der Waals surface area contributed by atoms with Crippen molar-refractivity contribution in [3.8, 4) is 0 Å². The minimum Gasteiger partial charge on any atom is -0.399 e. The van der Waals surface area contributed by atoms with Gasteiger partial charge in [-0.25, -0.2) is 0 Å². The lowest BCUT2D eigenvalue weighted by atomic mass is 9.87. The number of nitrogen functional groups attached to an aromatic ring is 1. The summed E-state index contributed by atoms with van der Waals surface area (Å²) in [4.78, 5) is 14.4. The maximum absolute atomic E-state index is 12.4. The number of nitrogens with two attached hydrogens (primary N) is 1. The third-order valence-corrected chi connectivity index (χ3v) is 5.33. The van der Waals surface area contributed by atoms with Gasteiger partial charge in [0.25, 0.3) is 5.91 Å². The van der Waals surface area contributed by atoms with Crippen LogP contribution in [-0.4, -0.2) is 5.91 Å². The van der Waals surface area contributed by atoms with Gasteiger partial charge >= 0.3 is 0 Å². The Balaban J connectivity index is 0.00000176. The minimum absolute atomic E-state index is 0. The molecule has 3 N–H and O–H groups in total. The van der Waals surface area contributed by atoms with Gasteiger partial charge < -0.3 is 11.1 Å². The van der Waals surface area contributed by atoms with Gasteiger partial charge in [-0.15, -0.1) is 23.7 Å². The van der Waals surface area contributed by atoms with Crippen molar-refractivity contribution in [1.82, 2.24) is 5.32 Å². The molecule has 0 bridgehead atoms. The summed E-state index contributed by atoms with van der Waals surface area (Å²) in [5.74, 6) is 0.0332. The van der Waals surface area contributed by atoms with Gasteiger partial charge in [0.1, 0.15) is 0 Å². The molecule has 0 saturated heterocycles. The Kier molecular flexibility index (Phi) is 5.14. The van der Waals surface area contributed by atoms with E-state index in [9.17, 15) is 4.79 Å². The molecule has 0 radical (unpaired) electrons. The van der Waals surface area contributed by atoms with Crippen LogP contribution in [0.25, 0.3) is 0 Å². The van der Waals surface area contributed by atoms with E-state index in [4.69, 9.17) is 5.73 Å². The van der Waals surface area contributed by atoms with Gasteiger partial charge in [0, 0.05) is 10.6 Å². The van der Waals surface area contributed by atoms with Crippen LogP contribution in [0.4, 0.5) is 5.69 Å². The molecule has 5 heteroatoms. The largest absolute Gasteiger partial charge is 0.399 e. The lowest BCUT2D eigenvalue weighted by Gasteiger charge is -2.26. The lowest BCUT2D eigenvalue weighted by Crippen LogP contribution is -2.30. The van der Waals surface area contributed by atoms with Crippen LogP contribution in [0.1, 0.15) is 50.1 Å². The number of fused-ring (bicyclic) bond motifs is 1. The molecule has 1 aromatic carbocycles. The molecule has 118 valence electrons. The van der Waals surface area contributed by atoms with E-state index in [1.165, 1.54) is 21.6 Å². The number of benzene rings is 1. The summed E-state index contributed by atoms with van der Waals surface area (Å²) < 4.78 is 0. The van der Waals surface area contributed by atoms with Crippen LogP contribution in [0.3, 0.4) is 0 Å². The first-order valence-corrected chi connectivity index (χ1v) is 8.12. The molecule has 1 aromatic heterocycles. The smallest absolute Gasteiger partial charge is 0.261 e. The molecule has 0 saturated carbocycles. The number of nitrogens with one attached hydrogen (secondary N) is 1. The lowest BCUT2D eigenvalue weighted by molar-refractivity contribution is 0.0937. The van der Waals surface area contributed by atoms with Crippen LogP contribution in [0.5, 0.6) is 0 Å². The fourth-order valence-corrected chi connectivity index (χ4v) is 3.84. The van der Waals surface area contributed by atoms with Gasteiger partial charge in [-0.2, -0.15) is 0 Å². The predicted molar refractivity (Wildman–Crippen MR) is 95.0 cm³/mol. The molecule has 3 nitrogen and oxygen atoms in total. The second-order valence-electron chi connectivity index (χ2n) is 5.73. The van der Waals surface area contributed by atoms with E-state index in [2.05, 4.69) is 18.3 Å². The highest BCUT2D eigenvalue weighted by molar-refractivity contribution is 7.14. The van der Waals surface area contributed by atoms with Crippen molar-refractivity contribution < 1.29 is 4.79 Å². The highest BCUT2D eigenvalue weighted by atomic mass is 35.5. The average molecular weight is 337 g/mol. The predicted octanol–water partition coefficient (Wildman–Crippen LogP) is 4.18. The van der Waals surface area contributed by atoms with Gasteiger partial charge in [-0.3, -0.25) is 4.79 Å². The summed E-state index contributed by atoms with van der Waals surface area (Å²) >= 11 is 1.56. The first-order chi connectivity index (χ1) is 10.0. The summed E-state index contributed by atoms with van der Waals surface area (Å²) in [6, 6.07) is 8.09. The zero-order chi connectivity index (χ0) is 15.0. The number of carbonyl (C=O) groups is 1. The van der Waals surface area contributed by atoms with E-state index in [0.717, 1.165) is 29.8 Å². The van der Waals surface area contributed by atoms with Gasteiger partial charge in [-0.1, -0.05) is 6.07 Å². The highest BCUT2D eigenvalue weighted by Crippen LogP contribution is 2.31. The Hall–Kier alpha value is -1.52. The number of carbonyl (C=O) groups excluding carboxylic acids is 1. The van der Waals surface area contributed by atoms with Crippen LogP contribution >= 0.6 is 23.7 Å². The molecule has 2 aromatic rings. The van der Waals surface area contributed by atoms with Crippen molar-refractivity contribution in [1.29, 1.82) is 0 Å². The maximum Gasteiger partial charge on any atom is 0.261 e. The van der Waals surface area contributed by atoms with Crippen LogP contribution in [0.2, 0.25) is 0 Å². The first-order valence-electron chi connectivity index (χ1n) is 7.31. The van der Waals surface area contributed by atoms with E-state index in [1.807, 2.05) is 25.1 Å². The number of rotatable bonds is 2. The molecule has 1 unspecified atom stereocenters. The normalized spacial score (nSPS) is 16.5. The molecule has 1 amide bonds. The molecule has 3 rings (SSSR count). The van der Waals surface area contributed by atoms with Crippen molar-refractivity contribution in [3.05, 3.63) is 50.7 Å². The first kappa shape index (κ1) is 16.8. The number of halogens is 1. The van der Waals surface area contributed by atoms with Crippen molar-refractivity contribution in [3.63, 3.8) is 0 Å². The maximum atomic E-state index is 12.4. The molecule has 1 heterocycles. The van der Waals surface area contributed by atoms with Crippen molar-refractivity contribution in [2.24, 2.45) is 0 Å². The molecular weight excluding hydrogens is 316 g/mol. The van der Waals surface area contributed by atoms with E-state index in [1.54, 1.807) is 11.3 Å². The summed E-state index contributed by atoms with van der Waals surface area (Å²) in [6.07, 6.45) is 3.12. The topological polar surface area (TPSA) is 55.1 Å². The molecule has 1 aliphatic carbocycles. The molecular formula is C17H21ClN2OS. The van der Waals surface area contributed by atoms with E-state index < -0.39 is 0 Å². The van der Waals surface area contributed by atoms with Crippen LogP contribution < -0.4 is 11.1 Å². The molecule has 22 heavy (non-hydrogen) atoms. The fourth-order valence-electron chi connectivity index (χ4n) is 2.90. The van der Waals surface area contributed by atoms with E-state index in [0.29, 0.717) is 0 Å². The monoisotopic (exact) mass is 336 g/mol. The van der Waals surface area contributed by atoms with Gasteiger partial charge in [0.05, 0.1) is 10.9 Å². The Bertz CT molecular complexity index is 676. The molecule has 0 aliphatic heterocycles. The number of aryl methyl sites for hydroxylation is 3. The number of anilines is 1. The Morgan fingerprint density at radius 3 is 2.77 bits per heavy atom. The minimum atomic E-state index is 0. The van der Waals surface area contributed by atoms with Crippen LogP contribution in [-0.2, 0) is 6.42 Å². The number of thiophene rings is 1. The summed E-state index contributed by atoms with van der Waals surface area (Å²) in [6.45, 7) is 4.09. The zero-order valence-corrected chi connectivity index (χ0v) is 14.4. The third kappa shape index (κ3) is 3.28. The molecule has 0 fully saturated rings. The number of amides is 1. The highest BCUT2D eigenvalue weighted by Gasteiger charge is 2.23. The van der Waals surface area contributed by atoms with Crippen LogP contribution in [0.15, 0.2) is 24.3 Å². The standard InChI is InChI=1S/C17H20N2OS.ClH/c1-10-8-16(21-11(10)2)17(20)19-15-5-3-4-12-9-13(18)6-7-14(12)15;/h6-9,15H,3-5,18H2,1-2H3,(H,19,20);1H. The summed E-state index contributed by atoms with van der Waals surface area (Å²) in [7, 11) is 0. The number of hydrogen-bond donors (Lipinski definition) is 2. The second kappa shape index (κ2) is 6.71. The van der Waals surface area contributed by atoms with E-state index in [-0.39, 0.29) is 24.4 Å². The van der Waals surface area contributed by atoms with E-state index >= 15 is 0 Å². The fraction of sp³-hybridized carbons (Fsp3) is 0.353. The zero-order valence-electron chi connectivity index (χ0n) is 12.8. The van der Waals surface area contributed by atoms with Crippen molar-refractivity contribution >= 4 is 35.3 Å². The average Bonchev–Trinajstić information content (AvgIpc) is 2.79. The van der Waals surface area contributed by atoms with Gasteiger partial charge in [0.2, 0.25) is 0 Å². The molecule has 0 spiro atoms. The SMILES string of the molecule is Cc1cc(C(=O)NC2CCCc3cc(N)ccc32)sc1C.Cl. The van der Waals surface area contributed by atoms with Gasteiger partial charge in [0.15, 0.2) is 0 Å². The Morgan fingerprint density at radius 1 is 1.32 bits per heavy atom. The summed E-state index contributed by atoms with van der Waals surface area (Å²) in [5.41, 5.74) is 10.3. The Morgan fingerprint density at radius 2 is 2.09 bits per heavy atom. The van der Waals surface area contributed by atoms with Crippen molar-refractivity contribution in [2.45, 2.75) is 39.2 Å². The molecule has 1 atom stereocenters.